The van der Waals surface area contributed by atoms with Gasteiger partial charge in [-0.1, -0.05) is 141 Å². The van der Waals surface area contributed by atoms with E-state index in [0.717, 1.165) is 83.2 Å². The predicted octanol–water partition coefficient (Wildman–Crippen LogP) is 14.6. The Morgan fingerprint density at radius 3 is 1.89 bits per heavy atom. The number of anilines is 3. The number of para-hydroxylation sites is 2. The van der Waals surface area contributed by atoms with Crippen LogP contribution in [0.5, 0.6) is 0 Å². The van der Waals surface area contributed by atoms with Gasteiger partial charge in [0, 0.05) is 38.5 Å². The summed E-state index contributed by atoms with van der Waals surface area (Å²) in [4.78, 5) is 2.40. The summed E-state index contributed by atoms with van der Waals surface area (Å²) in [7, 11) is 0. The number of nitrogens with zero attached hydrogens (tertiary/aromatic N) is 1. The molecule has 54 heavy (non-hydrogen) atoms. The van der Waals surface area contributed by atoms with Crippen LogP contribution in [0, 0.1) is 0 Å². The van der Waals surface area contributed by atoms with Gasteiger partial charge >= 0.3 is 0 Å². The molecule has 0 saturated carbocycles. The average molecular weight is 694 g/mol. The smallest absolute Gasteiger partial charge is 0.143 e. The summed E-state index contributed by atoms with van der Waals surface area (Å²) in [5.74, 6) is 0. The van der Waals surface area contributed by atoms with Crippen molar-refractivity contribution in [3.8, 4) is 33.4 Å². The lowest BCUT2D eigenvalue weighted by atomic mass is 9.82. The summed E-state index contributed by atoms with van der Waals surface area (Å²) in [6.45, 7) is 4.68. The van der Waals surface area contributed by atoms with Gasteiger partial charge in [0.2, 0.25) is 0 Å². The van der Waals surface area contributed by atoms with Gasteiger partial charge in [-0.2, -0.15) is 0 Å². The minimum absolute atomic E-state index is 0.127. The molecule has 0 fully saturated rings. The van der Waals surface area contributed by atoms with E-state index in [2.05, 4.69) is 183 Å². The third kappa shape index (κ3) is 4.48. The molecule has 256 valence electrons. The standard InChI is InChI=1S/C51H35NO2/c1-51(2)42-20-8-6-15-38(42)39-30-29-35(31-43(39)51)52(44-21-12-24-47-49(44)40-16-7-9-22-45(40)53-47)34-27-25-33(26-28-34)36-17-11-23-46-48(36)41-19-10-18-37(50(41)54-46)32-13-4-3-5-14-32/h3-31H,1-2H3. The first-order chi connectivity index (χ1) is 26.5. The van der Waals surface area contributed by atoms with Crippen LogP contribution >= 0.6 is 0 Å². The highest BCUT2D eigenvalue weighted by atomic mass is 16.3. The second-order valence-corrected chi connectivity index (χ2v) is 14.9. The van der Waals surface area contributed by atoms with Crippen LogP contribution in [0.3, 0.4) is 0 Å². The first kappa shape index (κ1) is 30.8. The van der Waals surface area contributed by atoms with Crippen LogP contribution in [0.2, 0.25) is 0 Å². The lowest BCUT2D eigenvalue weighted by Gasteiger charge is -2.28. The molecule has 0 spiro atoms. The van der Waals surface area contributed by atoms with Crippen LogP contribution in [-0.4, -0.2) is 0 Å². The third-order valence-corrected chi connectivity index (χ3v) is 11.5. The first-order valence-corrected chi connectivity index (χ1v) is 18.6. The van der Waals surface area contributed by atoms with Gasteiger partial charge in [-0.05, 0) is 87.5 Å². The molecule has 0 bridgehead atoms. The minimum atomic E-state index is -0.127. The Morgan fingerprint density at radius 1 is 0.407 bits per heavy atom. The SMILES string of the molecule is CC1(C)c2ccccc2-c2ccc(N(c3ccc(-c4cccc5oc6c(-c7ccccc7)cccc6c45)cc3)c3cccc4oc5ccccc5c34)cc21. The molecule has 0 aliphatic heterocycles. The molecule has 0 atom stereocenters. The van der Waals surface area contributed by atoms with Gasteiger partial charge in [0.25, 0.3) is 0 Å². The summed E-state index contributed by atoms with van der Waals surface area (Å²) in [6, 6.07) is 62.8. The van der Waals surface area contributed by atoms with E-state index < -0.39 is 0 Å². The lowest BCUT2D eigenvalue weighted by Crippen LogP contribution is -2.16. The van der Waals surface area contributed by atoms with Crippen LogP contribution in [0.1, 0.15) is 25.0 Å². The van der Waals surface area contributed by atoms with E-state index in [9.17, 15) is 0 Å². The van der Waals surface area contributed by atoms with Crippen LogP contribution in [0.25, 0.3) is 77.3 Å². The maximum Gasteiger partial charge on any atom is 0.143 e. The number of benzene rings is 8. The summed E-state index contributed by atoms with van der Waals surface area (Å²) in [5, 5.41) is 4.45. The van der Waals surface area contributed by atoms with E-state index in [1.807, 2.05) is 12.1 Å². The molecule has 3 heteroatoms. The third-order valence-electron chi connectivity index (χ3n) is 11.5. The van der Waals surface area contributed by atoms with Gasteiger partial charge in [0.15, 0.2) is 0 Å². The molecule has 0 saturated heterocycles. The fourth-order valence-electron chi connectivity index (χ4n) is 8.92. The van der Waals surface area contributed by atoms with Crippen molar-refractivity contribution in [2.24, 2.45) is 0 Å². The van der Waals surface area contributed by atoms with Crippen molar-refractivity contribution < 1.29 is 8.83 Å². The van der Waals surface area contributed by atoms with Gasteiger partial charge in [-0.15, -0.1) is 0 Å². The predicted molar refractivity (Wildman–Crippen MR) is 224 cm³/mol. The molecule has 3 nitrogen and oxygen atoms in total. The van der Waals surface area contributed by atoms with Crippen molar-refractivity contribution in [3.05, 3.63) is 187 Å². The molecule has 0 unspecified atom stereocenters. The average Bonchev–Trinajstić information content (AvgIpc) is 3.87. The number of rotatable bonds is 5. The Hall–Kier alpha value is -6.84. The number of hydrogen-bond donors (Lipinski definition) is 0. The van der Waals surface area contributed by atoms with Gasteiger partial charge in [0.05, 0.1) is 11.1 Å². The second-order valence-electron chi connectivity index (χ2n) is 14.9. The van der Waals surface area contributed by atoms with Gasteiger partial charge in [0.1, 0.15) is 22.3 Å². The fourth-order valence-corrected chi connectivity index (χ4v) is 8.92. The molecule has 8 aromatic carbocycles. The maximum absolute atomic E-state index is 6.61. The number of furan rings is 2. The zero-order valence-electron chi connectivity index (χ0n) is 30.0. The lowest BCUT2D eigenvalue weighted by molar-refractivity contribution is 0.660. The van der Waals surface area contributed by atoms with Crippen molar-refractivity contribution in [2.45, 2.75) is 19.3 Å². The zero-order valence-corrected chi connectivity index (χ0v) is 30.0. The highest BCUT2D eigenvalue weighted by Gasteiger charge is 2.36. The Morgan fingerprint density at radius 2 is 1.02 bits per heavy atom. The van der Waals surface area contributed by atoms with Crippen LogP contribution < -0.4 is 4.90 Å². The topological polar surface area (TPSA) is 29.5 Å². The van der Waals surface area contributed by atoms with Crippen molar-refractivity contribution in [1.29, 1.82) is 0 Å². The van der Waals surface area contributed by atoms with Gasteiger partial charge in [-0.25, -0.2) is 0 Å². The molecule has 11 rings (SSSR count). The maximum atomic E-state index is 6.61. The molecule has 0 N–H and O–H groups in total. The van der Waals surface area contributed by atoms with E-state index in [0.29, 0.717) is 0 Å². The Bertz CT molecular complexity index is 3070. The molecule has 0 radical (unpaired) electrons. The summed E-state index contributed by atoms with van der Waals surface area (Å²) >= 11 is 0. The Balaban J connectivity index is 1.09. The Kier molecular flexibility index (Phi) is 6.60. The van der Waals surface area contributed by atoms with E-state index in [1.54, 1.807) is 0 Å². The molecular formula is C51H35NO2. The monoisotopic (exact) mass is 693 g/mol. The van der Waals surface area contributed by atoms with Crippen LogP contribution in [0.15, 0.2) is 185 Å². The number of hydrogen-bond acceptors (Lipinski definition) is 3. The normalized spacial score (nSPS) is 13.1. The largest absolute Gasteiger partial charge is 0.456 e. The second kappa shape index (κ2) is 11.6. The summed E-state index contributed by atoms with van der Waals surface area (Å²) in [6.07, 6.45) is 0. The van der Waals surface area contributed by atoms with Gasteiger partial charge in [-0.3, -0.25) is 0 Å². The molecule has 2 aromatic heterocycles. The molecule has 1 aliphatic carbocycles. The molecule has 10 aromatic rings. The van der Waals surface area contributed by atoms with Crippen LogP contribution in [-0.2, 0) is 5.41 Å². The molecule has 1 aliphatic rings. The van der Waals surface area contributed by atoms with E-state index >= 15 is 0 Å². The van der Waals surface area contributed by atoms with Crippen molar-refractivity contribution in [2.75, 3.05) is 4.90 Å². The highest BCUT2D eigenvalue weighted by Crippen LogP contribution is 2.51. The number of fused-ring (bicyclic) bond motifs is 9. The highest BCUT2D eigenvalue weighted by molar-refractivity contribution is 6.16. The van der Waals surface area contributed by atoms with E-state index in [1.165, 1.54) is 22.3 Å². The minimum Gasteiger partial charge on any atom is -0.456 e. The molecular weight excluding hydrogens is 659 g/mol. The first-order valence-electron chi connectivity index (χ1n) is 18.6. The summed E-state index contributed by atoms with van der Waals surface area (Å²) < 4.78 is 13.0. The Labute approximate surface area is 313 Å². The zero-order chi connectivity index (χ0) is 36.0. The van der Waals surface area contributed by atoms with Crippen molar-refractivity contribution >= 4 is 60.9 Å². The van der Waals surface area contributed by atoms with E-state index in [4.69, 9.17) is 8.83 Å². The van der Waals surface area contributed by atoms with Gasteiger partial charge < -0.3 is 13.7 Å². The van der Waals surface area contributed by atoms with Crippen molar-refractivity contribution in [1.82, 2.24) is 0 Å². The van der Waals surface area contributed by atoms with E-state index in [-0.39, 0.29) is 5.41 Å². The van der Waals surface area contributed by atoms with Crippen LogP contribution in [0.4, 0.5) is 17.1 Å². The molecule has 0 amide bonds. The quantitative estimate of drug-likeness (QED) is 0.180. The molecule has 2 heterocycles. The fraction of sp³-hybridized carbons (Fsp3) is 0.0588. The summed E-state index contributed by atoms with van der Waals surface area (Å²) in [5.41, 5.74) is 16.5. The van der Waals surface area contributed by atoms with Crippen molar-refractivity contribution in [3.63, 3.8) is 0 Å².